The molecule has 27 heavy (non-hydrogen) atoms. The van der Waals surface area contributed by atoms with E-state index in [1.807, 2.05) is 50.2 Å². The molecule has 2 amide bonds. The number of aryl methyl sites for hydroxylation is 1. The van der Waals surface area contributed by atoms with Crippen molar-refractivity contribution in [3.63, 3.8) is 0 Å². The molecule has 3 aromatic rings. The molecule has 5 nitrogen and oxygen atoms in total. The van der Waals surface area contributed by atoms with Crippen LogP contribution in [0.1, 0.15) is 45.0 Å². The molecule has 0 fully saturated rings. The van der Waals surface area contributed by atoms with Crippen molar-refractivity contribution in [2.45, 2.75) is 19.9 Å². The molecule has 0 spiro atoms. The molecule has 0 aliphatic rings. The van der Waals surface area contributed by atoms with E-state index < -0.39 is 0 Å². The molecule has 5 heteroatoms. The first-order valence-corrected chi connectivity index (χ1v) is 8.75. The number of hydrogen-bond acceptors (Lipinski definition) is 3. The van der Waals surface area contributed by atoms with E-state index in [4.69, 9.17) is 4.42 Å². The lowest BCUT2D eigenvalue weighted by molar-refractivity contribution is 0.0742. The molecule has 3 rings (SSSR count). The van der Waals surface area contributed by atoms with Gasteiger partial charge in [0.1, 0.15) is 0 Å². The molecule has 0 radical (unpaired) electrons. The Morgan fingerprint density at radius 3 is 2.44 bits per heavy atom. The zero-order chi connectivity index (χ0) is 19.4. The van der Waals surface area contributed by atoms with Crippen LogP contribution in [0.3, 0.4) is 0 Å². The number of furan rings is 1. The van der Waals surface area contributed by atoms with Crippen LogP contribution in [0.25, 0.3) is 0 Å². The molecule has 0 unspecified atom stereocenters. The Hall–Kier alpha value is -3.34. The molecule has 2 aromatic carbocycles. The Kier molecular flexibility index (Phi) is 5.41. The third-order valence-corrected chi connectivity index (χ3v) is 4.66. The summed E-state index contributed by atoms with van der Waals surface area (Å²) in [5.74, 6) is -0.237. The Morgan fingerprint density at radius 1 is 1.04 bits per heavy atom. The zero-order valence-corrected chi connectivity index (χ0v) is 15.6. The van der Waals surface area contributed by atoms with Gasteiger partial charge in [0.2, 0.25) is 0 Å². The molecule has 0 saturated carbocycles. The number of nitrogens with zero attached hydrogens (tertiary/aromatic N) is 1. The molecule has 0 bridgehead atoms. The predicted octanol–water partition coefficient (Wildman–Crippen LogP) is 4.67. The van der Waals surface area contributed by atoms with Gasteiger partial charge in [-0.15, -0.1) is 0 Å². The van der Waals surface area contributed by atoms with Crippen LogP contribution in [0.15, 0.2) is 71.3 Å². The van der Waals surface area contributed by atoms with Crippen LogP contribution in [0.2, 0.25) is 0 Å². The highest BCUT2D eigenvalue weighted by atomic mass is 16.3. The fourth-order valence-corrected chi connectivity index (χ4v) is 2.82. The quantitative estimate of drug-likeness (QED) is 0.717. The lowest BCUT2D eigenvalue weighted by Crippen LogP contribution is -2.29. The highest BCUT2D eigenvalue weighted by Crippen LogP contribution is 2.23. The minimum absolute atomic E-state index is 0.0684. The number of nitrogens with one attached hydrogen (secondary N) is 1. The second-order valence-electron chi connectivity index (χ2n) is 6.46. The number of carbonyl (C=O) groups excluding carboxylic acids is 2. The van der Waals surface area contributed by atoms with E-state index in [1.165, 1.54) is 6.26 Å². The molecule has 138 valence electrons. The fraction of sp³-hybridized carbons (Fsp3) is 0.182. The molecule has 1 aromatic heterocycles. The van der Waals surface area contributed by atoms with Crippen LogP contribution in [-0.4, -0.2) is 23.8 Å². The zero-order valence-electron chi connectivity index (χ0n) is 15.6. The van der Waals surface area contributed by atoms with Gasteiger partial charge < -0.3 is 14.6 Å². The Labute approximate surface area is 158 Å². The van der Waals surface area contributed by atoms with Gasteiger partial charge in [-0.25, -0.2) is 0 Å². The molecular formula is C22H22N2O3. The lowest BCUT2D eigenvalue weighted by Gasteiger charge is -2.25. The van der Waals surface area contributed by atoms with E-state index in [0.717, 1.165) is 11.1 Å². The molecule has 1 N–H and O–H groups in total. The summed E-state index contributed by atoms with van der Waals surface area (Å²) in [6.07, 6.45) is 1.45. The van der Waals surface area contributed by atoms with Crippen molar-refractivity contribution in [2.24, 2.45) is 0 Å². The maximum absolute atomic E-state index is 12.9. The van der Waals surface area contributed by atoms with Gasteiger partial charge in [0.25, 0.3) is 11.8 Å². The monoisotopic (exact) mass is 362 g/mol. The standard InChI is InChI=1S/C22H22N2O3/c1-15-11-12-18(14-19(15)23-21(25)20-10-7-13-27-20)22(26)24(3)16(2)17-8-5-4-6-9-17/h4-14,16H,1-3H3,(H,23,25)/t16-/m1/s1. The normalized spacial score (nSPS) is 11.7. The summed E-state index contributed by atoms with van der Waals surface area (Å²) in [5, 5.41) is 2.80. The molecule has 0 aliphatic heterocycles. The number of benzene rings is 2. The van der Waals surface area contributed by atoms with Crippen LogP contribution in [-0.2, 0) is 0 Å². The van der Waals surface area contributed by atoms with Crippen molar-refractivity contribution in [1.29, 1.82) is 0 Å². The number of hydrogen-bond donors (Lipinski definition) is 1. The van der Waals surface area contributed by atoms with Crippen molar-refractivity contribution >= 4 is 17.5 Å². The Balaban J connectivity index is 1.80. The van der Waals surface area contributed by atoms with E-state index in [1.54, 1.807) is 36.2 Å². The van der Waals surface area contributed by atoms with Crippen LogP contribution in [0.5, 0.6) is 0 Å². The van der Waals surface area contributed by atoms with Crippen LogP contribution >= 0.6 is 0 Å². The minimum Gasteiger partial charge on any atom is -0.459 e. The summed E-state index contributed by atoms with van der Waals surface area (Å²) in [6, 6.07) is 18.3. The first-order valence-electron chi connectivity index (χ1n) is 8.75. The Morgan fingerprint density at radius 2 is 1.78 bits per heavy atom. The van der Waals surface area contributed by atoms with Gasteiger partial charge in [0, 0.05) is 18.3 Å². The van der Waals surface area contributed by atoms with E-state index in [-0.39, 0.29) is 23.6 Å². The second kappa shape index (κ2) is 7.91. The fourth-order valence-electron chi connectivity index (χ4n) is 2.82. The SMILES string of the molecule is Cc1ccc(C(=O)N(C)[C@H](C)c2ccccc2)cc1NC(=O)c1ccco1. The summed E-state index contributed by atoms with van der Waals surface area (Å²) < 4.78 is 5.12. The number of carbonyl (C=O) groups is 2. The van der Waals surface area contributed by atoms with Gasteiger partial charge in [-0.05, 0) is 49.2 Å². The van der Waals surface area contributed by atoms with E-state index >= 15 is 0 Å². The van der Waals surface area contributed by atoms with Crippen LogP contribution in [0, 0.1) is 6.92 Å². The molecule has 1 heterocycles. The van der Waals surface area contributed by atoms with E-state index in [9.17, 15) is 9.59 Å². The van der Waals surface area contributed by atoms with Crippen molar-refractivity contribution in [1.82, 2.24) is 4.90 Å². The van der Waals surface area contributed by atoms with Crippen molar-refractivity contribution in [2.75, 3.05) is 12.4 Å². The maximum Gasteiger partial charge on any atom is 0.291 e. The van der Waals surface area contributed by atoms with Gasteiger partial charge in [-0.3, -0.25) is 9.59 Å². The summed E-state index contributed by atoms with van der Waals surface area (Å²) >= 11 is 0. The third kappa shape index (κ3) is 4.08. The molecule has 0 saturated heterocycles. The molecular weight excluding hydrogens is 340 g/mol. The maximum atomic E-state index is 12.9. The smallest absolute Gasteiger partial charge is 0.291 e. The molecule has 1 atom stereocenters. The summed E-state index contributed by atoms with van der Waals surface area (Å²) in [4.78, 5) is 26.9. The number of amides is 2. The van der Waals surface area contributed by atoms with Crippen molar-refractivity contribution in [3.05, 3.63) is 89.4 Å². The van der Waals surface area contributed by atoms with Gasteiger partial charge in [0.15, 0.2) is 5.76 Å². The average molecular weight is 362 g/mol. The summed E-state index contributed by atoms with van der Waals surface area (Å²) in [6.45, 7) is 3.86. The summed E-state index contributed by atoms with van der Waals surface area (Å²) in [7, 11) is 1.78. The molecule has 0 aliphatic carbocycles. The second-order valence-corrected chi connectivity index (χ2v) is 6.46. The topological polar surface area (TPSA) is 62.6 Å². The first kappa shape index (κ1) is 18.5. The summed E-state index contributed by atoms with van der Waals surface area (Å²) in [5.41, 5.74) is 3.03. The predicted molar refractivity (Wildman–Crippen MR) is 105 cm³/mol. The number of rotatable bonds is 5. The third-order valence-electron chi connectivity index (χ3n) is 4.66. The Bertz CT molecular complexity index is 933. The van der Waals surface area contributed by atoms with Crippen LogP contribution < -0.4 is 5.32 Å². The highest BCUT2D eigenvalue weighted by molar-refractivity contribution is 6.04. The number of anilines is 1. The lowest BCUT2D eigenvalue weighted by atomic mass is 10.0. The first-order chi connectivity index (χ1) is 13.0. The largest absolute Gasteiger partial charge is 0.459 e. The van der Waals surface area contributed by atoms with Crippen molar-refractivity contribution < 1.29 is 14.0 Å². The van der Waals surface area contributed by atoms with E-state index in [0.29, 0.717) is 11.3 Å². The van der Waals surface area contributed by atoms with E-state index in [2.05, 4.69) is 5.32 Å². The minimum atomic E-state index is -0.348. The van der Waals surface area contributed by atoms with Gasteiger partial charge in [0.05, 0.1) is 12.3 Å². The highest BCUT2D eigenvalue weighted by Gasteiger charge is 2.20. The average Bonchev–Trinajstić information content (AvgIpc) is 3.23. The van der Waals surface area contributed by atoms with Gasteiger partial charge in [-0.2, -0.15) is 0 Å². The van der Waals surface area contributed by atoms with Gasteiger partial charge >= 0.3 is 0 Å². The van der Waals surface area contributed by atoms with Crippen molar-refractivity contribution in [3.8, 4) is 0 Å². The van der Waals surface area contributed by atoms with Gasteiger partial charge in [-0.1, -0.05) is 36.4 Å². The van der Waals surface area contributed by atoms with Crippen LogP contribution in [0.4, 0.5) is 5.69 Å².